The van der Waals surface area contributed by atoms with Crippen LogP contribution in [0.15, 0.2) is 16.1 Å². The number of aromatic nitrogens is 1. The molecular formula is C26H40N2O7S. The van der Waals surface area contributed by atoms with E-state index in [2.05, 4.69) is 10.1 Å². The maximum atomic E-state index is 13.2. The van der Waals surface area contributed by atoms with E-state index in [9.17, 15) is 19.8 Å². The van der Waals surface area contributed by atoms with Gasteiger partial charge in [0.1, 0.15) is 19.0 Å². The van der Waals surface area contributed by atoms with Gasteiger partial charge in [0.2, 0.25) is 4.80 Å². The van der Waals surface area contributed by atoms with E-state index in [0.717, 1.165) is 30.5 Å². The number of esters is 1. The van der Waals surface area contributed by atoms with Gasteiger partial charge in [0, 0.05) is 17.7 Å². The van der Waals surface area contributed by atoms with Crippen molar-refractivity contribution in [3.8, 4) is 0 Å². The van der Waals surface area contributed by atoms with E-state index in [1.807, 2.05) is 25.3 Å². The summed E-state index contributed by atoms with van der Waals surface area (Å²) >= 11 is 1.39. The number of Topliss-reactive ketones (excluding diaryl/α,β-unsaturated/α-hetero) is 1. The minimum Gasteiger partial charge on any atom is -0.458 e. The molecule has 0 saturated carbocycles. The second kappa shape index (κ2) is 12.0. The summed E-state index contributed by atoms with van der Waals surface area (Å²) in [7, 11) is 1.48. The van der Waals surface area contributed by atoms with Crippen LogP contribution in [0.4, 0.5) is 0 Å². The van der Waals surface area contributed by atoms with Gasteiger partial charge in [0.05, 0.1) is 41.9 Å². The molecule has 0 bridgehead atoms. The lowest BCUT2D eigenvalue weighted by atomic mass is 9.73. The number of ketones is 1. The van der Waals surface area contributed by atoms with Gasteiger partial charge in [-0.05, 0) is 37.3 Å². The first-order valence-corrected chi connectivity index (χ1v) is 13.5. The van der Waals surface area contributed by atoms with Crippen molar-refractivity contribution >= 4 is 29.2 Å². The van der Waals surface area contributed by atoms with Gasteiger partial charge in [-0.15, -0.1) is 11.3 Å². The number of nitrogens with one attached hydrogen (secondary N) is 1. The number of aliphatic hydroxyl groups is 2. The lowest BCUT2D eigenvalue weighted by molar-refractivity contribution is -0.154. The Labute approximate surface area is 216 Å². The van der Waals surface area contributed by atoms with Crippen LogP contribution in [0.3, 0.4) is 0 Å². The van der Waals surface area contributed by atoms with Crippen molar-refractivity contribution in [2.45, 2.75) is 97.2 Å². The number of aromatic amines is 1. The van der Waals surface area contributed by atoms with E-state index in [4.69, 9.17) is 14.3 Å². The molecule has 2 fully saturated rings. The molecule has 36 heavy (non-hydrogen) atoms. The molecule has 0 aliphatic carbocycles. The summed E-state index contributed by atoms with van der Waals surface area (Å²) < 4.78 is 11.7. The molecule has 0 spiro atoms. The number of fused-ring (bicyclic) bond motifs is 1. The average molecular weight is 525 g/mol. The molecule has 0 amide bonds. The molecule has 1 aromatic heterocycles. The molecule has 7 atom stereocenters. The van der Waals surface area contributed by atoms with E-state index < -0.39 is 35.6 Å². The Kier molecular flexibility index (Phi) is 9.54. The highest BCUT2D eigenvalue weighted by Gasteiger charge is 2.44. The highest BCUT2D eigenvalue weighted by atomic mass is 32.1. The second-order valence-corrected chi connectivity index (χ2v) is 11.6. The number of carbonyl (C=O) groups excluding carboxylic acids is 2. The van der Waals surface area contributed by atoms with Crippen LogP contribution in [0.5, 0.6) is 0 Å². The number of hydrogen-bond acceptors (Lipinski definition) is 9. The van der Waals surface area contributed by atoms with Crippen molar-refractivity contribution in [2.24, 2.45) is 22.4 Å². The fourth-order valence-electron chi connectivity index (χ4n) is 4.85. The van der Waals surface area contributed by atoms with E-state index in [0.29, 0.717) is 11.2 Å². The summed E-state index contributed by atoms with van der Waals surface area (Å²) in [5.41, 5.74) is 0.415. The summed E-state index contributed by atoms with van der Waals surface area (Å²) in [5.74, 6) is -1.58. The predicted octanol–water partition coefficient (Wildman–Crippen LogP) is 3.17. The molecule has 3 heterocycles. The fourth-order valence-corrected chi connectivity index (χ4v) is 5.51. The Morgan fingerprint density at radius 3 is 2.67 bits per heavy atom. The number of H-pyrrole nitrogens is 1. The van der Waals surface area contributed by atoms with Crippen LogP contribution in [-0.4, -0.2) is 64.6 Å². The monoisotopic (exact) mass is 524 g/mol. The quantitative estimate of drug-likeness (QED) is 0.314. The van der Waals surface area contributed by atoms with Crippen LogP contribution in [-0.2, 0) is 23.9 Å². The molecule has 202 valence electrons. The van der Waals surface area contributed by atoms with Gasteiger partial charge in [0.15, 0.2) is 0 Å². The van der Waals surface area contributed by atoms with Gasteiger partial charge in [-0.2, -0.15) is 0 Å². The van der Waals surface area contributed by atoms with E-state index in [1.165, 1.54) is 18.4 Å². The second-order valence-electron chi connectivity index (χ2n) is 10.7. The SMILES string of the molecule is CON=c1[nH]c(C=C(C)[C@@H]2C[C@@H]3O[C@@H]3CCC[C@H](C)[C@H](O)[C@@H](C)C(=O)C(C)(C)[C@@H](O)CC(=O)O2)cs1. The Morgan fingerprint density at radius 1 is 1.25 bits per heavy atom. The lowest BCUT2D eigenvalue weighted by Crippen LogP contribution is -2.45. The third-order valence-corrected chi connectivity index (χ3v) is 8.28. The predicted molar refractivity (Wildman–Crippen MR) is 136 cm³/mol. The molecule has 1 aromatic rings. The van der Waals surface area contributed by atoms with Crippen LogP contribution in [0.1, 0.15) is 72.4 Å². The molecule has 9 nitrogen and oxygen atoms in total. The topological polar surface area (TPSA) is 134 Å². The van der Waals surface area contributed by atoms with Crippen molar-refractivity contribution in [2.75, 3.05) is 7.11 Å². The number of aliphatic hydroxyl groups excluding tert-OH is 2. The number of thiazole rings is 1. The van der Waals surface area contributed by atoms with Gasteiger partial charge in [-0.1, -0.05) is 39.3 Å². The number of ether oxygens (including phenoxy) is 2. The molecular weight excluding hydrogens is 484 g/mol. The number of epoxide rings is 1. The summed E-state index contributed by atoms with van der Waals surface area (Å²) in [4.78, 5) is 34.6. The minimum absolute atomic E-state index is 0.0216. The molecule has 2 aliphatic heterocycles. The van der Waals surface area contributed by atoms with Gasteiger partial charge in [0.25, 0.3) is 0 Å². The highest BCUT2D eigenvalue weighted by Crippen LogP contribution is 2.36. The molecule has 3 N–H and O–H groups in total. The van der Waals surface area contributed by atoms with Crippen LogP contribution in [0.25, 0.3) is 6.08 Å². The first-order chi connectivity index (χ1) is 16.9. The Morgan fingerprint density at radius 2 is 1.97 bits per heavy atom. The molecule has 3 rings (SSSR count). The first kappa shape index (κ1) is 28.6. The fraction of sp³-hybridized carbons (Fsp3) is 0.731. The van der Waals surface area contributed by atoms with Crippen LogP contribution >= 0.6 is 11.3 Å². The zero-order chi connectivity index (χ0) is 26.6. The average Bonchev–Trinajstić information content (AvgIpc) is 3.41. The third-order valence-electron chi connectivity index (χ3n) is 7.51. The van der Waals surface area contributed by atoms with Gasteiger partial charge in [-0.25, -0.2) is 0 Å². The van der Waals surface area contributed by atoms with Gasteiger partial charge < -0.3 is 29.5 Å². The van der Waals surface area contributed by atoms with E-state index in [-0.39, 0.29) is 30.3 Å². The molecule has 0 unspecified atom stereocenters. The van der Waals surface area contributed by atoms with Gasteiger partial charge in [-0.3, -0.25) is 9.59 Å². The third kappa shape index (κ3) is 7.06. The number of cyclic esters (lactones) is 1. The molecule has 2 saturated heterocycles. The highest BCUT2D eigenvalue weighted by molar-refractivity contribution is 7.07. The van der Waals surface area contributed by atoms with Crippen molar-refractivity contribution in [1.29, 1.82) is 0 Å². The normalized spacial score (nSPS) is 35.2. The van der Waals surface area contributed by atoms with Crippen molar-refractivity contribution < 1.29 is 34.1 Å². The zero-order valence-electron chi connectivity index (χ0n) is 22.0. The molecule has 0 aromatic carbocycles. The Balaban J connectivity index is 1.82. The standard InChI is InChI=1S/C26H40N2O7S/c1-14-8-7-9-18-20(34-18)11-19(15(2)10-17-13-36-25(27-17)28-33-6)35-22(30)12-21(29)26(4,5)24(32)16(3)23(14)31/h10,13-14,16,18-21,23,29,31H,7-9,11-12H2,1-6H3,(H,27,28)/t14-,16+,18+,19-,20-,21-,23-/m0/s1. The van der Waals surface area contributed by atoms with Crippen molar-refractivity contribution in [1.82, 2.24) is 4.98 Å². The summed E-state index contributed by atoms with van der Waals surface area (Å²) in [5, 5.41) is 27.4. The number of carbonyl (C=O) groups is 2. The number of hydrogen-bond donors (Lipinski definition) is 3. The van der Waals surface area contributed by atoms with E-state index in [1.54, 1.807) is 20.8 Å². The van der Waals surface area contributed by atoms with Crippen molar-refractivity contribution in [3.63, 3.8) is 0 Å². The first-order valence-electron chi connectivity index (χ1n) is 12.6. The van der Waals surface area contributed by atoms with Crippen LogP contribution in [0, 0.1) is 17.3 Å². The van der Waals surface area contributed by atoms with Crippen LogP contribution in [0.2, 0.25) is 0 Å². The Bertz CT molecular complexity index is 1010. The van der Waals surface area contributed by atoms with Crippen molar-refractivity contribution in [3.05, 3.63) is 21.4 Å². The summed E-state index contributed by atoms with van der Waals surface area (Å²) in [6, 6.07) is 0. The number of nitrogens with zero attached hydrogens (tertiary/aromatic N) is 1. The maximum Gasteiger partial charge on any atom is 0.309 e. The largest absolute Gasteiger partial charge is 0.458 e. The number of rotatable bonds is 3. The van der Waals surface area contributed by atoms with Crippen LogP contribution < -0.4 is 4.80 Å². The van der Waals surface area contributed by atoms with Gasteiger partial charge >= 0.3 is 5.97 Å². The minimum atomic E-state index is -1.24. The summed E-state index contributed by atoms with van der Waals surface area (Å²) in [6.07, 6.45) is 2.02. The lowest BCUT2D eigenvalue weighted by Gasteiger charge is -2.34. The molecule has 0 radical (unpaired) electrons. The molecule has 2 aliphatic rings. The Hall–Kier alpha value is -2.01. The van der Waals surface area contributed by atoms with E-state index >= 15 is 0 Å². The maximum absolute atomic E-state index is 13.2. The summed E-state index contributed by atoms with van der Waals surface area (Å²) in [6.45, 7) is 8.76. The zero-order valence-corrected chi connectivity index (χ0v) is 22.8. The molecule has 10 heteroatoms. The smallest absolute Gasteiger partial charge is 0.309 e.